The third-order valence-electron chi connectivity index (χ3n) is 3.55. The molecule has 124 valence electrons. The van der Waals surface area contributed by atoms with Gasteiger partial charge in [-0.2, -0.15) is 8.78 Å². The highest BCUT2D eigenvalue weighted by atomic mass is 35.5. The van der Waals surface area contributed by atoms with E-state index in [1.165, 1.54) is 18.6 Å². The number of rotatable bonds is 7. The van der Waals surface area contributed by atoms with Crippen molar-refractivity contribution in [1.82, 2.24) is 10.6 Å². The van der Waals surface area contributed by atoms with Gasteiger partial charge < -0.3 is 15.4 Å². The number of hydrogen-bond acceptors (Lipinski definition) is 3. The first-order chi connectivity index (χ1) is 10.1. The van der Waals surface area contributed by atoms with E-state index in [0.29, 0.717) is 12.5 Å². The van der Waals surface area contributed by atoms with Crippen LogP contribution in [0.4, 0.5) is 8.78 Å². The van der Waals surface area contributed by atoms with E-state index in [2.05, 4.69) is 15.4 Å². The van der Waals surface area contributed by atoms with Crippen LogP contribution in [0.1, 0.15) is 18.4 Å². The Bertz CT molecular complexity index is 451. The third kappa shape index (κ3) is 6.58. The molecule has 1 fully saturated rings. The molecule has 1 aromatic rings. The van der Waals surface area contributed by atoms with Crippen LogP contribution in [0.25, 0.3) is 0 Å². The maximum atomic E-state index is 12.0. The molecule has 1 atom stereocenters. The summed E-state index contributed by atoms with van der Waals surface area (Å²) in [5.74, 6) is 0.697. The highest BCUT2D eigenvalue weighted by Crippen LogP contribution is 2.15. The zero-order valence-electron chi connectivity index (χ0n) is 12.2. The highest BCUT2D eigenvalue weighted by molar-refractivity contribution is 5.85. The summed E-state index contributed by atoms with van der Waals surface area (Å²) in [4.78, 5) is 11.8. The maximum absolute atomic E-state index is 12.0. The van der Waals surface area contributed by atoms with Crippen LogP contribution in [0.5, 0.6) is 5.75 Å². The van der Waals surface area contributed by atoms with Crippen molar-refractivity contribution in [2.45, 2.75) is 25.9 Å². The van der Waals surface area contributed by atoms with Gasteiger partial charge >= 0.3 is 6.61 Å². The predicted octanol–water partition coefficient (Wildman–Crippen LogP) is 2.37. The molecule has 4 nitrogen and oxygen atoms in total. The molecule has 2 rings (SSSR count). The van der Waals surface area contributed by atoms with Gasteiger partial charge in [0.2, 0.25) is 5.91 Å². The lowest BCUT2D eigenvalue weighted by atomic mass is 10.1. The monoisotopic (exact) mass is 334 g/mol. The molecular weight excluding hydrogens is 314 g/mol. The fourth-order valence-corrected chi connectivity index (χ4v) is 2.41. The summed E-state index contributed by atoms with van der Waals surface area (Å²) >= 11 is 0. The molecule has 0 bridgehead atoms. The number of alkyl halides is 2. The van der Waals surface area contributed by atoms with E-state index in [0.717, 1.165) is 25.1 Å². The van der Waals surface area contributed by atoms with Gasteiger partial charge in [0.1, 0.15) is 5.75 Å². The van der Waals surface area contributed by atoms with Gasteiger partial charge in [0.05, 0.1) is 6.42 Å². The van der Waals surface area contributed by atoms with Crippen molar-refractivity contribution in [3.63, 3.8) is 0 Å². The number of carbonyl (C=O) groups excluding carboxylic acids is 1. The molecule has 1 unspecified atom stereocenters. The van der Waals surface area contributed by atoms with Crippen molar-refractivity contribution in [2.24, 2.45) is 5.92 Å². The van der Waals surface area contributed by atoms with Gasteiger partial charge in [-0.05, 0) is 49.5 Å². The molecule has 1 aromatic carbocycles. The van der Waals surface area contributed by atoms with E-state index < -0.39 is 6.61 Å². The van der Waals surface area contributed by atoms with Gasteiger partial charge in [-0.1, -0.05) is 12.1 Å². The molecular formula is C15H21ClF2N2O2. The first-order valence-electron chi connectivity index (χ1n) is 7.14. The number of amides is 1. The molecule has 0 saturated carbocycles. The fraction of sp³-hybridized carbons (Fsp3) is 0.533. The standard InChI is InChI=1S/C15H20F2N2O2.ClH/c16-15(17)21-13-3-1-11(2-4-13)9-14(20)19-8-6-12-5-7-18-10-12;/h1-4,12,15,18H,5-10H2,(H,19,20);1H. The minimum atomic E-state index is -2.83. The van der Waals surface area contributed by atoms with Crippen LogP contribution < -0.4 is 15.4 Å². The Morgan fingerprint density at radius 2 is 2.09 bits per heavy atom. The Hall–Kier alpha value is -1.40. The summed E-state index contributed by atoms with van der Waals surface area (Å²) in [7, 11) is 0. The lowest BCUT2D eigenvalue weighted by Gasteiger charge is -2.10. The van der Waals surface area contributed by atoms with E-state index in [1.807, 2.05) is 0 Å². The van der Waals surface area contributed by atoms with Crippen molar-refractivity contribution >= 4 is 18.3 Å². The average Bonchev–Trinajstić information content (AvgIpc) is 2.93. The number of benzene rings is 1. The predicted molar refractivity (Wildman–Crippen MR) is 82.6 cm³/mol. The van der Waals surface area contributed by atoms with Crippen LogP contribution in [0, 0.1) is 5.92 Å². The number of carbonyl (C=O) groups is 1. The van der Waals surface area contributed by atoms with Crippen LogP contribution in [0.2, 0.25) is 0 Å². The van der Waals surface area contributed by atoms with Crippen molar-refractivity contribution in [3.8, 4) is 5.75 Å². The summed E-state index contributed by atoms with van der Waals surface area (Å²) in [6.45, 7) is -0.0607. The topological polar surface area (TPSA) is 50.4 Å². The van der Waals surface area contributed by atoms with E-state index in [1.54, 1.807) is 12.1 Å². The van der Waals surface area contributed by atoms with Crippen LogP contribution in [-0.4, -0.2) is 32.2 Å². The summed E-state index contributed by atoms with van der Waals surface area (Å²) in [6.07, 6.45) is 2.40. The molecule has 0 aromatic heterocycles. The Balaban J connectivity index is 0.00000242. The average molecular weight is 335 g/mol. The lowest BCUT2D eigenvalue weighted by molar-refractivity contribution is -0.120. The summed E-state index contributed by atoms with van der Waals surface area (Å²) in [6, 6.07) is 6.13. The molecule has 7 heteroatoms. The van der Waals surface area contributed by atoms with E-state index in [4.69, 9.17) is 0 Å². The van der Waals surface area contributed by atoms with Crippen LogP contribution in [-0.2, 0) is 11.2 Å². The van der Waals surface area contributed by atoms with Gasteiger partial charge in [0, 0.05) is 6.54 Å². The molecule has 0 spiro atoms. The molecule has 22 heavy (non-hydrogen) atoms. The van der Waals surface area contributed by atoms with Crippen molar-refractivity contribution in [2.75, 3.05) is 19.6 Å². The normalized spacial score (nSPS) is 17.1. The third-order valence-corrected chi connectivity index (χ3v) is 3.55. The zero-order chi connectivity index (χ0) is 15.1. The Morgan fingerprint density at radius 3 is 2.68 bits per heavy atom. The smallest absolute Gasteiger partial charge is 0.387 e. The van der Waals surface area contributed by atoms with E-state index in [-0.39, 0.29) is 30.5 Å². The number of hydrogen-bond donors (Lipinski definition) is 2. The summed E-state index contributed by atoms with van der Waals surface area (Å²) in [5.41, 5.74) is 0.775. The molecule has 1 aliphatic rings. The lowest BCUT2D eigenvalue weighted by Crippen LogP contribution is -2.27. The SMILES string of the molecule is Cl.O=C(Cc1ccc(OC(F)F)cc1)NCCC1CCNC1. The first kappa shape index (κ1) is 18.6. The van der Waals surface area contributed by atoms with Gasteiger partial charge in [0.25, 0.3) is 0 Å². The van der Waals surface area contributed by atoms with Crippen molar-refractivity contribution < 1.29 is 18.3 Å². The second-order valence-corrected chi connectivity index (χ2v) is 5.20. The second kappa shape index (κ2) is 9.58. The zero-order valence-corrected chi connectivity index (χ0v) is 13.0. The van der Waals surface area contributed by atoms with Crippen LogP contribution in [0.15, 0.2) is 24.3 Å². The largest absolute Gasteiger partial charge is 0.435 e. The minimum absolute atomic E-state index is 0. The molecule has 0 radical (unpaired) electrons. The molecule has 0 aliphatic carbocycles. The fourth-order valence-electron chi connectivity index (χ4n) is 2.41. The Kier molecular flexibility index (Phi) is 8.12. The summed E-state index contributed by atoms with van der Waals surface area (Å²) < 4.78 is 28.3. The Labute approximate surface area is 135 Å². The van der Waals surface area contributed by atoms with Crippen molar-refractivity contribution in [3.05, 3.63) is 29.8 Å². The number of ether oxygens (including phenoxy) is 1. The van der Waals surface area contributed by atoms with Gasteiger partial charge in [-0.3, -0.25) is 4.79 Å². The molecule has 2 N–H and O–H groups in total. The van der Waals surface area contributed by atoms with Gasteiger partial charge in [-0.25, -0.2) is 0 Å². The minimum Gasteiger partial charge on any atom is -0.435 e. The number of halogens is 3. The van der Waals surface area contributed by atoms with Crippen molar-refractivity contribution in [1.29, 1.82) is 0 Å². The van der Waals surface area contributed by atoms with E-state index >= 15 is 0 Å². The van der Waals surface area contributed by atoms with Crippen LogP contribution in [0.3, 0.4) is 0 Å². The first-order valence-corrected chi connectivity index (χ1v) is 7.14. The second-order valence-electron chi connectivity index (χ2n) is 5.20. The highest BCUT2D eigenvalue weighted by Gasteiger charge is 2.14. The van der Waals surface area contributed by atoms with Gasteiger partial charge in [0.15, 0.2) is 0 Å². The molecule has 1 amide bonds. The molecule has 1 heterocycles. The van der Waals surface area contributed by atoms with Crippen LogP contribution >= 0.6 is 12.4 Å². The molecule has 1 saturated heterocycles. The Morgan fingerprint density at radius 1 is 1.36 bits per heavy atom. The van der Waals surface area contributed by atoms with Gasteiger partial charge in [-0.15, -0.1) is 12.4 Å². The number of nitrogens with one attached hydrogen (secondary N) is 2. The molecule has 1 aliphatic heterocycles. The summed E-state index contributed by atoms with van der Waals surface area (Å²) in [5, 5.41) is 6.18. The van der Waals surface area contributed by atoms with E-state index in [9.17, 15) is 13.6 Å². The maximum Gasteiger partial charge on any atom is 0.387 e. The quantitative estimate of drug-likeness (QED) is 0.805.